The van der Waals surface area contributed by atoms with Crippen LogP contribution in [-0.4, -0.2) is 34.0 Å². The van der Waals surface area contributed by atoms with Crippen LogP contribution in [-0.2, 0) is 4.79 Å². The SMILES string of the molecule is COc1ccccc1-c1nnc(SCC(=O)Nc2cccnc2Cl)o1. The average molecular weight is 377 g/mol. The molecule has 0 unspecified atom stereocenters. The normalized spacial score (nSPS) is 10.5. The zero-order valence-corrected chi connectivity index (χ0v) is 14.7. The van der Waals surface area contributed by atoms with E-state index in [0.29, 0.717) is 22.9 Å². The van der Waals surface area contributed by atoms with Crippen molar-refractivity contribution >= 4 is 35.0 Å². The number of ether oxygens (including phenoxy) is 1. The molecule has 1 amide bonds. The number of benzene rings is 1. The summed E-state index contributed by atoms with van der Waals surface area (Å²) in [6, 6.07) is 10.7. The van der Waals surface area contributed by atoms with Gasteiger partial charge in [0.05, 0.1) is 24.1 Å². The fourth-order valence-corrected chi connectivity index (χ4v) is 2.72. The van der Waals surface area contributed by atoms with Crippen LogP contribution >= 0.6 is 23.4 Å². The van der Waals surface area contributed by atoms with Crippen LogP contribution in [0.3, 0.4) is 0 Å². The Morgan fingerprint density at radius 3 is 2.92 bits per heavy atom. The Hall–Kier alpha value is -2.58. The van der Waals surface area contributed by atoms with E-state index in [1.54, 1.807) is 31.5 Å². The van der Waals surface area contributed by atoms with Gasteiger partial charge < -0.3 is 14.5 Å². The van der Waals surface area contributed by atoms with E-state index in [-0.39, 0.29) is 22.0 Å². The summed E-state index contributed by atoms with van der Waals surface area (Å²) in [5.41, 5.74) is 1.14. The van der Waals surface area contributed by atoms with E-state index in [1.807, 2.05) is 18.2 Å². The summed E-state index contributed by atoms with van der Waals surface area (Å²) >= 11 is 7.03. The zero-order chi connectivity index (χ0) is 17.6. The van der Waals surface area contributed by atoms with Crippen molar-refractivity contribution in [2.75, 3.05) is 18.2 Å². The predicted octanol–water partition coefficient (Wildman–Crippen LogP) is 3.52. The predicted molar refractivity (Wildman–Crippen MR) is 94.9 cm³/mol. The van der Waals surface area contributed by atoms with Gasteiger partial charge in [0.15, 0.2) is 5.15 Å². The highest BCUT2D eigenvalue weighted by molar-refractivity contribution is 7.99. The molecule has 25 heavy (non-hydrogen) atoms. The first kappa shape index (κ1) is 17.2. The first-order valence-corrected chi connectivity index (χ1v) is 8.54. The van der Waals surface area contributed by atoms with Crippen LogP contribution in [0.1, 0.15) is 0 Å². The monoisotopic (exact) mass is 376 g/mol. The molecule has 0 saturated carbocycles. The third kappa shape index (κ3) is 4.28. The Balaban J connectivity index is 1.62. The highest BCUT2D eigenvalue weighted by atomic mass is 35.5. The van der Waals surface area contributed by atoms with E-state index in [4.69, 9.17) is 20.8 Å². The minimum Gasteiger partial charge on any atom is -0.496 e. The maximum absolute atomic E-state index is 12.0. The summed E-state index contributed by atoms with van der Waals surface area (Å²) in [6.45, 7) is 0. The van der Waals surface area contributed by atoms with Crippen molar-refractivity contribution in [3.8, 4) is 17.2 Å². The molecule has 2 aromatic heterocycles. The number of aromatic nitrogens is 3. The molecule has 0 aliphatic heterocycles. The molecule has 1 aromatic carbocycles. The Kier molecular flexibility index (Phi) is 5.52. The number of para-hydroxylation sites is 1. The minimum absolute atomic E-state index is 0.0960. The summed E-state index contributed by atoms with van der Waals surface area (Å²) in [7, 11) is 1.57. The molecule has 3 rings (SSSR count). The van der Waals surface area contributed by atoms with E-state index in [9.17, 15) is 4.79 Å². The molecule has 1 N–H and O–H groups in total. The highest BCUT2D eigenvalue weighted by Crippen LogP contribution is 2.30. The van der Waals surface area contributed by atoms with Crippen LogP contribution in [0.15, 0.2) is 52.2 Å². The molecule has 9 heteroatoms. The maximum atomic E-state index is 12.0. The van der Waals surface area contributed by atoms with Gasteiger partial charge in [-0.2, -0.15) is 0 Å². The molecule has 7 nitrogen and oxygen atoms in total. The molecule has 0 atom stereocenters. The number of anilines is 1. The molecule has 0 fully saturated rings. The zero-order valence-electron chi connectivity index (χ0n) is 13.1. The second-order valence-corrected chi connectivity index (χ2v) is 6.04. The standard InChI is InChI=1S/C16H13ClN4O3S/c1-23-12-7-3-2-5-10(12)15-20-21-16(24-15)25-9-13(22)19-11-6-4-8-18-14(11)17/h2-8H,9H2,1H3,(H,19,22). The van der Waals surface area contributed by atoms with Crippen molar-refractivity contribution in [2.24, 2.45) is 0 Å². The van der Waals surface area contributed by atoms with E-state index >= 15 is 0 Å². The molecule has 128 valence electrons. The van der Waals surface area contributed by atoms with E-state index in [0.717, 1.165) is 11.8 Å². The van der Waals surface area contributed by atoms with Crippen molar-refractivity contribution in [3.05, 3.63) is 47.7 Å². The summed E-state index contributed by atoms with van der Waals surface area (Å²) in [5, 5.41) is 11.1. The first-order valence-electron chi connectivity index (χ1n) is 7.17. The van der Waals surface area contributed by atoms with Gasteiger partial charge in [-0.25, -0.2) is 4.98 Å². The third-order valence-corrected chi connectivity index (χ3v) is 4.22. The molecule has 0 bridgehead atoms. The fraction of sp³-hybridized carbons (Fsp3) is 0.125. The number of halogens is 1. The number of amides is 1. The highest BCUT2D eigenvalue weighted by Gasteiger charge is 2.14. The largest absolute Gasteiger partial charge is 0.496 e. The summed E-state index contributed by atoms with van der Waals surface area (Å²) in [6.07, 6.45) is 1.55. The van der Waals surface area contributed by atoms with Gasteiger partial charge in [0.1, 0.15) is 5.75 Å². The first-order chi connectivity index (χ1) is 12.2. The van der Waals surface area contributed by atoms with Crippen molar-refractivity contribution in [1.29, 1.82) is 0 Å². The topological polar surface area (TPSA) is 90.1 Å². The molecule has 0 spiro atoms. The quantitative estimate of drug-likeness (QED) is 0.519. The summed E-state index contributed by atoms with van der Waals surface area (Å²) in [4.78, 5) is 15.9. The number of carbonyl (C=O) groups is 1. The lowest BCUT2D eigenvalue weighted by atomic mass is 10.2. The van der Waals surface area contributed by atoms with Crippen molar-refractivity contribution in [3.63, 3.8) is 0 Å². The fourth-order valence-electron chi connectivity index (χ4n) is 1.99. The van der Waals surface area contributed by atoms with Crippen LogP contribution in [0.2, 0.25) is 5.15 Å². The number of rotatable bonds is 6. The number of pyridine rings is 1. The van der Waals surface area contributed by atoms with E-state index in [1.165, 1.54) is 0 Å². The Morgan fingerprint density at radius 2 is 2.12 bits per heavy atom. The Morgan fingerprint density at radius 1 is 1.28 bits per heavy atom. The van der Waals surface area contributed by atoms with Gasteiger partial charge in [0.25, 0.3) is 11.1 Å². The lowest BCUT2D eigenvalue weighted by Gasteiger charge is -2.04. The lowest BCUT2D eigenvalue weighted by molar-refractivity contribution is -0.113. The van der Waals surface area contributed by atoms with Crippen LogP contribution in [0.5, 0.6) is 5.75 Å². The smallest absolute Gasteiger partial charge is 0.277 e. The van der Waals surface area contributed by atoms with Gasteiger partial charge in [-0.3, -0.25) is 4.79 Å². The Labute approximate surface area is 152 Å². The van der Waals surface area contributed by atoms with Crippen LogP contribution in [0, 0.1) is 0 Å². The minimum atomic E-state index is -0.253. The van der Waals surface area contributed by atoms with E-state index in [2.05, 4.69) is 20.5 Å². The third-order valence-electron chi connectivity index (χ3n) is 3.10. The number of nitrogens with zero attached hydrogens (tertiary/aromatic N) is 3. The number of thioether (sulfide) groups is 1. The molecule has 0 aliphatic carbocycles. The van der Waals surface area contributed by atoms with Crippen LogP contribution in [0.4, 0.5) is 5.69 Å². The van der Waals surface area contributed by atoms with Gasteiger partial charge in [0.2, 0.25) is 5.91 Å². The summed E-state index contributed by atoms with van der Waals surface area (Å²) < 4.78 is 10.8. The van der Waals surface area contributed by atoms with E-state index < -0.39 is 0 Å². The van der Waals surface area contributed by atoms with Gasteiger partial charge in [-0.15, -0.1) is 10.2 Å². The van der Waals surface area contributed by atoms with Gasteiger partial charge >= 0.3 is 0 Å². The number of carbonyl (C=O) groups excluding carboxylic acids is 1. The van der Waals surface area contributed by atoms with Crippen molar-refractivity contribution in [1.82, 2.24) is 15.2 Å². The molecule has 0 aliphatic rings. The number of hydrogen-bond acceptors (Lipinski definition) is 7. The van der Waals surface area contributed by atoms with Gasteiger partial charge in [-0.1, -0.05) is 35.5 Å². The number of methoxy groups -OCH3 is 1. The van der Waals surface area contributed by atoms with Crippen molar-refractivity contribution < 1.29 is 13.9 Å². The molecule has 2 heterocycles. The average Bonchev–Trinajstić information content (AvgIpc) is 3.11. The molecule has 0 radical (unpaired) electrons. The second kappa shape index (κ2) is 8.00. The molecule has 0 saturated heterocycles. The number of nitrogens with one attached hydrogen (secondary N) is 1. The molecular weight excluding hydrogens is 364 g/mol. The van der Waals surface area contributed by atoms with Crippen molar-refractivity contribution in [2.45, 2.75) is 5.22 Å². The number of hydrogen-bond donors (Lipinski definition) is 1. The Bertz CT molecular complexity index is 887. The van der Waals surface area contributed by atoms with Crippen LogP contribution < -0.4 is 10.1 Å². The summed E-state index contributed by atoms with van der Waals surface area (Å²) in [5.74, 6) is 0.804. The molecule has 3 aromatic rings. The van der Waals surface area contributed by atoms with Gasteiger partial charge in [0, 0.05) is 6.20 Å². The lowest BCUT2D eigenvalue weighted by Crippen LogP contribution is -2.14. The van der Waals surface area contributed by atoms with Crippen LogP contribution in [0.25, 0.3) is 11.5 Å². The molecular formula is C16H13ClN4O3S. The van der Waals surface area contributed by atoms with Gasteiger partial charge in [-0.05, 0) is 24.3 Å². The maximum Gasteiger partial charge on any atom is 0.277 e. The second-order valence-electron chi connectivity index (χ2n) is 4.75.